The molecule has 0 aromatic heterocycles. The lowest BCUT2D eigenvalue weighted by molar-refractivity contribution is 0.403. The molecule has 1 nitrogen and oxygen atoms in total. The highest BCUT2D eigenvalue weighted by molar-refractivity contribution is 5.28. The number of benzene rings is 1. The summed E-state index contributed by atoms with van der Waals surface area (Å²) in [5, 5.41) is 0. The molecule has 0 heterocycles. The monoisotopic (exact) mass is 217 g/mol. The molecule has 1 aromatic rings. The van der Waals surface area contributed by atoms with Crippen molar-refractivity contribution in [2.75, 3.05) is 6.54 Å². The van der Waals surface area contributed by atoms with Crippen molar-refractivity contribution in [1.82, 2.24) is 0 Å². The minimum Gasteiger partial charge on any atom is -0.330 e. The van der Waals surface area contributed by atoms with Crippen LogP contribution in [0.15, 0.2) is 12.1 Å². The summed E-state index contributed by atoms with van der Waals surface area (Å²) in [6.45, 7) is 3.57. The molecule has 0 radical (unpaired) electrons. The van der Waals surface area contributed by atoms with Crippen LogP contribution in [-0.2, 0) is 5.41 Å². The van der Waals surface area contributed by atoms with E-state index in [9.17, 15) is 13.2 Å². The number of halogens is 3. The Bertz CT molecular complexity index is 361. The molecule has 0 bridgehead atoms. The van der Waals surface area contributed by atoms with Crippen LogP contribution in [0, 0.1) is 17.5 Å². The van der Waals surface area contributed by atoms with Crippen molar-refractivity contribution in [1.29, 1.82) is 0 Å². The van der Waals surface area contributed by atoms with E-state index < -0.39 is 22.9 Å². The van der Waals surface area contributed by atoms with E-state index in [4.69, 9.17) is 5.73 Å². The van der Waals surface area contributed by atoms with Gasteiger partial charge >= 0.3 is 0 Å². The van der Waals surface area contributed by atoms with Crippen LogP contribution in [0.1, 0.15) is 25.8 Å². The van der Waals surface area contributed by atoms with E-state index in [1.165, 1.54) is 0 Å². The molecule has 0 amide bonds. The first kappa shape index (κ1) is 12.0. The topological polar surface area (TPSA) is 26.0 Å². The summed E-state index contributed by atoms with van der Waals surface area (Å²) >= 11 is 0. The van der Waals surface area contributed by atoms with Crippen LogP contribution in [0.3, 0.4) is 0 Å². The maximum Gasteiger partial charge on any atom is 0.165 e. The molecule has 1 rings (SSSR count). The minimum absolute atomic E-state index is 0.229. The zero-order valence-electron chi connectivity index (χ0n) is 8.78. The van der Waals surface area contributed by atoms with Crippen LogP contribution in [0.4, 0.5) is 13.2 Å². The lowest BCUT2D eigenvalue weighted by Crippen LogP contribution is -2.25. The predicted molar refractivity (Wildman–Crippen MR) is 53.0 cm³/mol. The summed E-state index contributed by atoms with van der Waals surface area (Å²) in [5.74, 6) is -2.88. The van der Waals surface area contributed by atoms with Gasteiger partial charge in [0.2, 0.25) is 0 Å². The van der Waals surface area contributed by atoms with E-state index in [1.807, 2.05) is 0 Å². The highest BCUT2D eigenvalue weighted by Gasteiger charge is 2.28. The van der Waals surface area contributed by atoms with Crippen LogP contribution in [0.25, 0.3) is 0 Å². The summed E-state index contributed by atoms with van der Waals surface area (Å²) in [7, 11) is 0. The van der Waals surface area contributed by atoms with E-state index in [1.54, 1.807) is 13.8 Å². The summed E-state index contributed by atoms with van der Waals surface area (Å²) < 4.78 is 39.8. The van der Waals surface area contributed by atoms with Crippen LogP contribution < -0.4 is 5.73 Å². The van der Waals surface area contributed by atoms with E-state index in [0.717, 1.165) is 12.1 Å². The van der Waals surface area contributed by atoms with E-state index in [-0.39, 0.29) is 5.56 Å². The number of hydrogen-bond acceptors (Lipinski definition) is 1. The van der Waals surface area contributed by atoms with Crippen molar-refractivity contribution >= 4 is 0 Å². The van der Waals surface area contributed by atoms with E-state index in [0.29, 0.717) is 13.0 Å². The van der Waals surface area contributed by atoms with Crippen molar-refractivity contribution in [3.05, 3.63) is 35.1 Å². The third-order valence-electron chi connectivity index (χ3n) is 2.49. The van der Waals surface area contributed by atoms with Crippen LogP contribution in [-0.4, -0.2) is 6.54 Å². The van der Waals surface area contributed by atoms with Crippen molar-refractivity contribution in [3.63, 3.8) is 0 Å². The van der Waals surface area contributed by atoms with Gasteiger partial charge in [0.05, 0.1) is 0 Å². The van der Waals surface area contributed by atoms with Gasteiger partial charge in [0.15, 0.2) is 11.6 Å². The average molecular weight is 217 g/mol. The van der Waals surface area contributed by atoms with Gasteiger partial charge in [-0.3, -0.25) is 0 Å². The Hall–Kier alpha value is -1.03. The van der Waals surface area contributed by atoms with Gasteiger partial charge in [0, 0.05) is 5.56 Å². The Balaban J connectivity index is 3.29. The molecule has 0 atom stereocenters. The number of nitrogens with two attached hydrogens (primary N) is 1. The second-order valence-corrected chi connectivity index (χ2v) is 4.14. The van der Waals surface area contributed by atoms with Gasteiger partial charge in [-0.1, -0.05) is 13.8 Å². The van der Waals surface area contributed by atoms with Crippen LogP contribution in [0.5, 0.6) is 0 Å². The Labute approximate surface area is 87.1 Å². The summed E-state index contributed by atoms with van der Waals surface area (Å²) in [4.78, 5) is 0. The van der Waals surface area contributed by atoms with Gasteiger partial charge in [-0.05, 0) is 30.5 Å². The van der Waals surface area contributed by atoms with Crippen molar-refractivity contribution in [2.45, 2.75) is 25.7 Å². The average Bonchev–Trinajstić information content (AvgIpc) is 2.11. The zero-order chi connectivity index (χ0) is 11.6. The number of rotatable bonds is 3. The quantitative estimate of drug-likeness (QED) is 0.774. The molecular weight excluding hydrogens is 203 g/mol. The molecule has 84 valence electrons. The van der Waals surface area contributed by atoms with Crippen LogP contribution >= 0.6 is 0 Å². The maximum absolute atomic E-state index is 13.4. The van der Waals surface area contributed by atoms with Crippen molar-refractivity contribution in [3.8, 4) is 0 Å². The third kappa shape index (κ3) is 2.31. The fourth-order valence-electron chi connectivity index (χ4n) is 1.63. The maximum atomic E-state index is 13.4. The Morgan fingerprint density at radius 2 is 1.67 bits per heavy atom. The first-order valence-electron chi connectivity index (χ1n) is 4.74. The molecule has 0 spiro atoms. The molecule has 0 aliphatic heterocycles. The zero-order valence-corrected chi connectivity index (χ0v) is 8.78. The molecule has 4 heteroatoms. The summed E-state index contributed by atoms with van der Waals surface area (Å²) in [6.07, 6.45) is 0.393. The molecule has 0 unspecified atom stereocenters. The molecule has 0 fully saturated rings. The van der Waals surface area contributed by atoms with Gasteiger partial charge in [-0.15, -0.1) is 0 Å². The Morgan fingerprint density at radius 1 is 1.13 bits per heavy atom. The van der Waals surface area contributed by atoms with E-state index in [2.05, 4.69) is 0 Å². The van der Waals surface area contributed by atoms with Crippen molar-refractivity contribution < 1.29 is 13.2 Å². The molecule has 1 aromatic carbocycles. The lowest BCUT2D eigenvalue weighted by Gasteiger charge is -2.25. The van der Waals surface area contributed by atoms with E-state index >= 15 is 0 Å². The highest BCUT2D eigenvalue weighted by Crippen LogP contribution is 2.31. The molecule has 2 N–H and O–H groups in total. The largest absolute Gasteiger partial charge is 0.330 e. The fourth-order valence-corrected chi connectivity index (χ4v) is 1.63. The number of hydrogen-bond donors (Lipinski definition) is 1. The normalized spacial score (nSPS) is 11.9. The molecular formula is C11H14F3N. The second kappa shape index (κ2) is 4.23. The Kier molecular flexibility index (Phi) is 3.39. The summed E-state index contributed by atoms with van der Waals surface area (Å²) in [5.41, 5.74) is 4.32. The Morgan fingerprint density at radius 3 is 2.20 bits per heavy atom. The van der Waals surface area contributed by atoms with Gasteiger partial charge in [0.25, 0.3) is 0 Å². The molecule has 0 aliphatic rings. The first-order valence-corrected chi connectivity index (χ1v) is 4.74. The van der Waals surface area contributed by atoms with Crippen LogP contribution in [0.2, 0.25) is 0 Å². The summed E-state index contributed by atoms with van der Waals surface area (Å²) in [6, 6.07) is 1.72. The van der Waals surface area contributed by atoms with Gasteiger partial charge < -0.3 is 5.73 Å². The smallest absolute Gasteiger partial charge is 0.165 e. The van der Waals surface area contributed by atoms with Gasteiger partial charge in [-0.25, -0.2) is 13.2 Å². The molecule has 0 saturated carbocycles. The van der Waals surface area contributed by atoms with Gasteiger partial charge in [-0.2, -0.15) is 0 Å². The second-order valence-electron chi connectivity index (χ2n) is 4.14. The third-order valence-corrected chi connectivity index (χ3v) is 2.49. The SMILES string of the molecule is CC(C)(CCN)c1c(F)ccc(F)c1F. The highest BCUT2D eigenvalue weighted by atomic mass is 19.2. The standard InChI is InChI=1S/C11H14F3N/c1-11(2,5-6-15)9-7(12)3-4-8(13)10(9)14/h3-4H,5-6,15H2,1-2H3. The molecule has 0 aliphatic carbocycles. The predicted octanol–water partition coefficient (Wildman–Crippen LogP) is 2.73. The minimum atomic E-state index is -1.12. The van der Waals surface area contributed by atoms with Crippen molar-refractivity contribution in [2.24, 2.45) is 5.73 Å². The first-order chi connectivity index (χ1) is 6.90. The molecule has 15 heavy (non-hydrogen) atoms. The fraction of sp³-hybridized carbons (Fsp3) is 0.455. The van der Waals surface area contributed by atoms with Gasteiger partial charge in [0.1, 0.15) is 5.82 Å². The lowest BCUT2D eigenvalue weighted by atomic mass is 9.81. The molecule has 0 saturated heterocycles.